The first-order valence-electron chi connectivity index (χ1n) is 6.35. The first kappa shape index (κ1) is 12.4. The van der Waals surface area contributed by atoms with Crippen LogP contribution in [0.3, 0.4) is 0 Å². The van der Waals surface area contributed by atoms with Gasteiger partial charge in [0.25, 0.3) is 0 Å². The fourth-order valence-corrected chi connectivity index (χ4v) is 2.70. The van der Waals surface area contributed by atoms with Crippen LogP contribution in [-0.4, -0.2) is 39.2 Å². The summed E-state index contributed by atoms with van der Waals surface area (Å²) in [6.07, 6.45) is 3.62. The minimum atomic E-state index is 0.224. The van der Waals surface area contributed by atoms with Crippen molar-refractivity contribution in [1.29, 1.82) is 0 Å². The fraction of sp³-hybridized carbons (Fsp3) is 0.462. The van der Waals surface area contributed by atoms with Crippen LogP contribution in [-0.2, 0) is 11.3 Å². The third-order valence-corrected chi connectivity index (χ3v) is 3.88. The normalized spacial score (nSPS) is 20.2. The van der Waals surface area contributed by atoms with Crippen LogP contribution in [0.1, 0.15) is 12.8 Å². The standard InChI is InChI=1S/C13H15ClN4O/c1-17-4-2-9(6-12(17)19)8-18-5-3-10-7-11(14)15-16-13(10)18/h3,5,7,9H,2,4,6,8H2,1H3. The summed E-state index contributed by atoms with van der Waals surface area (Å²) in [6, 6.07) is 3.78. The number of aromatic nitrogens is 3. The number of piperidine rings is 1. The molecule has 5 nitrogen and oxygen atoms in total. The minimum Gasteiger partial charge on any atom is -0.346 e. The maximum Gasteiger partial charge on any atom is 0.222 e. The molecule has 1 aliphatic rings. The Morgan fingerprint density at radius 2 is 2.32 bits per heavy atom. The molecule has 6 heteroatoms. The van der Waals surface area contributed by atoms with Gasteiger partial charge in [-0.1, -0.05) is 11.6 Å². The van der Waals surface area contributed by atoms with Gasteiger partial charge in [0.1, 0.15) is 0 Å². The van der Waals surface area contributed by atoms with Crippen LogP contribution in [0.15, 0.2) is 18.3 Å². The van der Waals surface area contributed by atoms with E-state index in [1.807, 2.05) is 19.3 Å². The molecule has 0 aliphatic carbocycles. The van der Waals surface area contributed by atoms with Crippen molar-refractivity contribution in [2.24, 2.45) is 5.92 Å². The average molecular weight is 279 g/mol. The molecule has 19 heavy (non-hydrogen) atoms. The Bertz CT molecular complexity index is 624. The molecule has 1 amide bonds. The highest BCUT2D eigenvalue weighted by atomic mass is 35.5. The van der Waals surface area contributed by atoms with E-state index in [-0.39, 0.29) is 5.91 Å². The van der Waals surface area contributed by atoms with Gasteiger partial charge in [0.2, 0.25) is 5.91 Å². The third kappa shape index (κ3) is 2.42. The zero-order valence-corrected chi connectivity index (χ0v) is 11.5. The molecule has 1 atom stereocenters. The van der Waals surface area contributed by atoms with E-state index in [0.29, 0.717) is 17.5 Å². The van der Waals surface area contributed by atoms with Crippen molar-refractivity contribution in [3.8, 4) is 0 Å². The van der Waals surface area contributed by atoms with Gasteiger partial charge in [-0.3, -0.25) is 4.79 Å². The van der Waals surface area contributed by atoms with Gasteiger partial charge in [-0.2, -0.15) is 0 Å². The van der Waals surface area contributed by atoms with Crippen molar-refractivity contribution in [1.82, 2.24) is 19.7 Å². The smallest absolute Gasteiger partial charge is 0.222 e. The third-order valence-electron chi connectivity index (χ3n) is 3.70. The number of carbonyl (C=O) groups excluding carboxylic acids is 1. The van der Waals surface area contributed by atoms with Gasteiger partial charge in [0.05, 0.1) is 0 Å². The van der Waals surface area contributed by atoms with E-state index in [1.165, 1.54) is 0 Å². The zero-order chi connectivity index (χ0) is 13.4. The van der Waals surface area contributed by atoms with Gasteiger partial charge in [0, 0.05) is 38.1 Å². The molecule has 3 heterocycles. The number of hydrogen-bond acceptors (Lipinski definition) is 3. The highest BCUT2D eigenvalue weighted by Crippen LogP contribution is 2.22. The van der Waals surface area contributed by atoms with Crippen LogP contribution in [0.25, 0.3) is 11.0 Å². The first-order valence-corrected chi connectivity index (χ1v) is 6.73. The molecule has 0 aromatic carbocycles. The average Bonchev–Trinajstić information content (AvgIpc) is 2.76. The van der Waals surface area contributed by atoms with E-state index < -0.39 is 0 Å². The Hall–Kier alpha value is -1.62. The molecule has 1 unspecified atom stereocenters. The molecular weight excluding hydrogens is 264 g/mol. The van der Waals surface area contributed by atoms with Gasteiger partial charge in [-0.05, 0) is 24.5 Å². The van der Waals surface area contributed by atoms with Crippen molar-refractivity contribution in [2.45, 2.75) is 19.4 Å². The molecule has 0 bridgehead atoms. The molecule has 2 aromatic heterocycles. The van der Waals surface area contributed by atoms with E-state index in [0.717, 1.165) is 30.5 Å². The van der Waals surface area contributed by atoms with Crippen LogP contribution in [0, 0.1) is 5.92 Å². The van der Waals surface area contributed by atoms with Gasteiger partial charge in [0.15, 0.2) is 10.8 Å². The van der Waals surface area contributed by atoms with Gasteiger partial charge in [-0.15, -0.1) is 10.2 Å². The fourth-order valence-electron chi connectivity index (χ4n) is 2.55. The van der Waals surface area contributed by atoms with E-state index in [2.05, 4.69) is 14.8 Å². The SMILES string of the molecule is CN1CCC(Cn2ccc3cc(Cl)nnc32)CC1=O. The summed E-state index contributed by atoms with van der Waals surface area (Å²) >= 11 is 5.82. The number of rotatable bonds is 2. The van der Waals surface area contributed by atoms with Gasteiger partial charge < -0.3 is 9.47 Å². The van der Waals surface area contributed by atoms with E-state index in [9.17, 15) is 4.79 Å². The number of halogens is 1. The lowest BCUT2D eigenvalue weighted by atomic mass is 9.96. The molecule has 0 spiro atoms. The van der Waals surface area contributed by atoms with Crippen LogP contribution in [0.4, 0.5) is 0 Å². The molecule has 100 valence electrons. The van der Waals surface area contributed by atoms with Crippen molar-refractivity contribution in [3.05, 3.63) is 23.5 Å². The lowest BCUT2D eigenvalue weighted by Gasteiger charge is -2.28. The molecular formula is C13H15ClN4O. The predicted molar refractivity (Wildman–Crippen MR) is 72.9 cm³/mol. The Labute approximate surface area is 116 Å². The number of fused-ring (bicyclic) bond motifs is 1. The van der Waals surface area contributed by atoms with Crippen LogP contribution >= 0.6 is 11.6 Å². The summed E-state index contributed by atoms with van der Waals surface area (Å²) in [5.41, 5.74) is 0.829. The molecule has 2 aromatic rings. The largest absolute Gasteiger partial charge is 0.346 e. The summed E-state index contributed by atoms with van der Waals surface area (Å²) in [7, 11) is 1.86. The number of carbonyl (C=O) groups is 1. The molecule has 0 radical (unpaired) electrons. The lowest BCUT2D eigenvalue weighted by Crippen LogP contribution is -2.36. The first-order chi connectivity index (χ1) is 9.13. The van der Waals surface area contributed by atoms with Gasteiger partial charge in [-0.25, -0.2) is 0 Å². The monoisotopic (exact) mass is 278 g/mol. The second-order valence-corrected chi connectivity index (χ2v) is 5.48. The number of likely N-dealkylation sites (tertiary alicyclic amines) is 1. The Kier molecular flexibility index (Phi) is 3.14. The Morgan fingerprint density at radius 3 is 3.11 bits per heavy atom. The quantitative estimate of drug-likeness (QED) is 0.844. The maximum absolute atomic E-state index is 11.7. The topological polar surface area (TPSA) is 51.0 Å². The second kappa shape index (κ2) is 4.81. The summed E-state index contributed by atoms with van der Waals surface area (Å²) in [5, 5.41) is 9.39. The van der Waals surface area contributed by atoms with Crippen molar-refractivity contribution >= 4 is 28.5 Å². The van der Waals surface area contributed by atoms with Crippen molar-refractivity contribution in [3.63, 3.8) is 0 Å². The predicted octanol–water partition coefficient (Wildman–Crippen LogP) is 1.95. The molecule has 0 saturated carbocycles. The minimum absolute atomic E-state index is 0.224. The number of amides is 1. The van der Waals surface area contributed by atoms with Gasteiger partial charge >= 0.3 is 0 Å². The summed E-state index contributed by atoms with van der Waals surface area (Å²) < 4.78 is 2.06. The van der Waals surface area contributed by atoms with Crippen LogP contribution in [0.2, 0.25) is 5.15 Å². The van der Waals surface area contributed by atoms with E-state index in [4.69, 9.17) is 11.6 Å². The van der Waals surface area contributed by atoms with Crippen LogP contribution in [0.5, 0.6) is 0 Å². The Morgan fingerprint density at radius 1 is 1.47 bits per heavy atom. The summed E-state index contributed by atoms with van der Waals surface area (Å²) in [6.45, 7) is 1.64. The number of nitrogens with zero attached hydrogens (tertiary/aromatic N) is 4. The molecule has 3 rings (SSSR count). The number of hydrogen-bond donors (Lipinski definition) is 0. The second-order valence-electron chi connectivity index (χ2n) is 5.09. The lowest BCUT2D eigenvalue weighted by molar-refractivity contribution is -0.133. The summed E-state index contributed by atoms with van der Waals surface area (Å²) in [4.78, 5) is 13.5. The molecule has 1 aliphatic heterocycles. The molecule has 1 fully saturated rings. The van der Waals surface area contributed by atoms with Crippen molar-refractivity contribution in [2.75, 3.05) is 13.6 Å². The zero-order valence-electron chi connectivity index (χ0n) is 10.7. The molecule has 0 N–H and O–H groups in total. The Balaban J connectivity index is 1.80. The highest BCUT2D eigenvalue weighted by molar-refractivity contribution is 6.29. The van der Waals surface area contributed by atoms with Crippen molar-refractivity contribution < 1.29 is 4.79 Å². The summed E-state index contributed by atoms with van der Waals surface area (Å²) in [5.74, 6) is 0.596. The van der Waals surface area contributed by atoms with E-state index in [1.54, 1.807) is 11.0 Å². The molecule has 1 saturated heterocycles. The highest BCUT2D eigenvalue weighted by Gasteiger charge is 2.23. The maximum atomic E-state index is 11.7. The van der Waals surface area contributed by atoms with Crippen LogP contribution < -0.4 is 0 Å². The van der Waals surface area contributed by atoms with E-state index >= 15 is 0 Å².